The summed E-state index contributed by atoms with van der Waals surface area (Å²) in [6, 6.07) is 12.4. The molecule has 6 heteroatoms. The second kappa shape index (κ2) is 7.69. The van der Waals surface area contributed by atoms with Gasteiger partial charge < -0.3 is 14.2 Å². The van der Waals surface area contributed by atoms with Gasteiger partial charge in [-0.2, -0.15) is 0 Å². The van der Waals surface area contributed by atoms with Crippen molar-refractivity contribution in [3.8, 4) is 11.1 Å². The number of nitrogens with zero attached hydrogens (tertiary/aromatic N) is 5. The first-order valence-corrected chi connectivity index (χ1v) is 10.7. The van der Waals surface area contributed by atoms with Crippen LogP contribution in [0.4, 0.5) is 5.82 Å². The van der Waals surface area contributed by atoms with E-state index >= 15 is 0 Å². The molecule has 0 N–H and O–H groups in total. The Balaban J connectivity index is 1.49. The molecule has 3 aromatic heterocycles. The number of rotatable bonds is 4. The van der Waals surface area contributed by atoms with Crippen molar-refractivity contribution in [2.75, 3.05) is 38.1 Å². The quantitative estimate of drug-likeness (QED) is 0.494. The number of hydrogen-bond donors (Lipinski definition) is 0. The monoisotopic (exact) mass is 401 g/mol. The molecule has 0 amide bonds. The normalized spacial score (nSPS) is 16.4. The van der Waals surface area contributed by atoms with Gasteiger partial charge >= 0.3 is 0 Å². The minimum Gasteiger partial charge on any atom is -0.440 e. The zero-order chi connectivity index (χ0) is 20.7. The molecule has 0 radical (unpaired) electrons. The average Bonchev–Trinajstić information content (AvgIpc) is 3.22. The molecule has 0 aliphatic carbocycles. The molecule has 4 aromatic rings. The lowest BCUT2D eigenvalue weighted by atomic mass is 10.1. The Morgan fingerprint density at radius 1 is 0.933 bits per heavy atom. The van der Waals surface area contributed by atoms with E-state index in [0.717, 1.165) is 77.6 Å². The molecule has 0 saturated carbocycles. The Bertz CT molecular complexity index is 1190. The van der Waals surface area contributed by atoms with E-state index in [1.165, 1.54) is 0 Å². The minimum absolute atomic E-state index is 0.320. The van der Waals surface area contributed by atoms with Gasteiger partial charge in [-0.05, 0) is 49.4 Å². The fourth-order valence-corrected chi connectivity index (χ4v) is 3.88. The Kier molecular flexibility index (Phi) is 4.87. The Labute approximate surface area is 176 Å². The third kappa shape index (κ3) is 3.52. The van der Waals surface area contributed by atoms with Crippen LogP contribution in [0.5, 0.6) is 0 Å². The van der Waals surface area contributed by atoms with E-state index < -0.39 is 0 Å². The highest BCUT2D eigenvalue weighted by atomic mass is 16.3. The summed E-state index contributed by atoms with van der Waals surface area (Å²) in [6.45, 7) is 8.42. The lowest BCUT2D eigenvalue weighted by Crippen LogP contribution is -2.44. The molecular weight excluding hydrogens is 374 g/mol. The molecule has 6 nitrogen and oxygen atoms in total. The molecule has 0 spiro atoms. The zero-order valence-electron chi connectivity index (χ0n) is 17.8. The summed E-state index contributed by atoms with van der Waals surface area (Å²) < 4.78 is 5.92. The lowest BCUT2D eigenvalue weighted by molar-refractivity contribution is 0.312. The van der Waals surface area contributed by atoms with Gasteiger partial charge in [-0.1, -0.05) is 19.9 Å². The molecule has 4 heterocycles. The van der Waals surface area contributed by atoms with Crippen LogP contribution < -0.4 is 4.90 Å². The first-order valence-electron chi connectivity index (χ1n) is 10.7. The largest absolute Gasteiger partial charge is 0.440 e. The number of pyridine rings is 2. The van der Waals surface area contributed by atoms with Gasteiger partial charge in [-0.15, -0.1) is 0 Å². The summed E-state index contributed by atoms with van der Waals surface area (Å²) >= 11 is 0. The van der Waals surface area contributed by atoms with Crippen molar-refractivity contribution in [1.82, 2.24) is 19.9 Å². The van der Waals surface area contributed by atoms with Crippen molar-refractivity contribution in [2.45, 2.75) is 26.2 Å². The molecule has 154 valence electrons. The van der Waals surface area contributed by atoms with E-state index in [1.54, 1.807) is 0 Å². The Morgan fingerprint density at radius 2 is 1.73 bits per heavy atom. The first kappa shape index (κ1) is 19.0. The highest BCUT2D eigenvalue weighted by molar-refractivity contribution is 5.85. The highest BCUT2D eigenvalue weighted by Crippen LogP contribution is 2.29. The van der Waals surface area contributed by atoms with Crippen LogP contribution in [0.15, 0.2) is 47.0 Å². The van der Waals surface area contributed by atoms with E-state index in [9.17, 15) is 0 Å². The van der Waals surface area contributed by atoms with Crippen molar-refractivity contribution in [2.24, 2.45) is 0 Å². The van der Waals surface area contributed by atoms with Gasteiger partial charge in [0.25, 0.3) is 0 Å². The number of benzene rings is 1. The number of likely N-dealkylation sites (N-methyl/N-ethyl adjacent to an activating group) is 1. The molecule has 5 rings (SSSR count). The van der Waals surface area contributed by atoms with Crippen LogP contribution in [0.3, 0.4) is 0 Å². The molecular formula is C24H27N5O. The molecule has 0 bridgehead atoms. The standard InChI is InChI=1S/C24H27N5O/c1-4-16(2)24-27-21-13-17(5-7-22(21)30-24)18-14-20-19(25-15-18)6-8-23(26-20)29-11-9-28(3)10-12-29/h5-8,13-16H,4,9-12H2,1-3H3. The van der Waals surface area contributed by atoms with Crippen molar-refractivity contribution in [3.63, 3.8) is 0 Å². The van der Waals surface area contributed by atoms with Gasteiger partial charge in [0.1, 0.15) is 11.3 Å². The number of hydrogen-bond acceptors (Lipinski definition) is 6. The van der Waals surface area contributed by atoms with Gasteiger partial charge in [0.15, 0.2) is 11.5 Å². The van der Waals surface area contributed by atoms with Crippen molar-refractivity contribution in [3.05, 3.63) is 48.5 Å². The number of oxazole rings is 1. The van der Waals surface area contributed by atoms with Crippen LogP contribution >= 0.6 is 0 Å². The number of aromatic nitrogens is 3. The van der Waals surface area contributed by atoms with Crippen molar-refractivity contribution >= 4 is 28.0 Å². The molecule has 1 saturated heterocycles. The van der Waals surface area contributed by atoms with Crippen LogP contribution in [-0.2, 0) is 0 Å². The van der Waals surface area contributed by atoms with Crippen LogP contribution in [0.1, 0.15) is 32.1 Å². The number of fused-ring (bicyclic) bond motifs is 2. The van der Waals surface area contributed by atoms with Gasteiger partial charge in [0.05, 0.1) is 11.0 Å². The Hall–Kier alpha value is -2.99. The summed E-state index contributed by atoms with van der Waals surface area (Å²) in [4.78, 5) is 19.0. The van der Waals surface area contributed by atoms with Crippen LogP contribution in [0.2, 0.25) is 0 Å². The summed E-state index contributed by atoms with van der Waals surface area (Å²) in [5.41, 5.74) is 5.68. The molecule has 30 heavy (non-hydrogen) atoms. The third-order valence-corrected chi connectivity index (χ3v) is 6.12. The summed E-state index contributed by atoms with van der Waals surface area (Å²) in [5.74, 6) is 2.15. The zero-order valence-corrected chi connectivity index (χ0v) is 17.8. The topological polar surface area (TPSA) is 58.3 Å². The molecule has 1 fully saturated rings. The van der Waals surface area contributed by atoms with E-state index in [2.05, 4.69) is 66.0 Å². The summed E-state index contributed by atoms with van der Waals surface area (Å²) in [7, 11) is 2.17. The van der Waals surface area contributed by atoms with Gasteiger partial charge in [-0.25, -0.2) is 9.97 Å². The molecule has 1 atom stereocenters. The third-order valence-electron chi connectivity index (χ3n) is 6.12. The molecule has 1 aromatic carbocycles. The maximum atomic E-state index is 5.92. The van der Waals surface area contributed by atoms with Crippen molar-refractivity contribution in [1.29, 1.82) is 0 Å². The summed E-state index contributed by atoms with van der Waals surface area (Å²) in [5, 5.41) is 0. The second-order valence-corrected chi connectivity index (χ2v) is 8.27. The fourth-order valence-electron chi connectivity index (χ4n) is 3.88. The predicted molar refractivity (Wildman–Crippen MR) is 121 cm³/mol. The van der Waals surface area contributed by atoms with Crippen LogP contribution in [0.25, 0.3) is 33.3 Å². The van der Waals surface area contributed by atoms with Crippen LogP contribution in [0, 0.1) is 0 Å². The first-order chi connectivity index (χ1) is 14.6. The smallest absolute Gasteiger partial charge is 0.198 e. The SMILES string of the molecule is CCC(C)c1nc2cc(-c3cnc4ccc(N5CCN(C)CC5)nc4c3)ccc2o1. The molecule has 1 aliphatic rings. The highest BCUT2D eigenvalue weighted by Gasteiger charge is 2.16. The number of piperazine rings is 1. The summed E-state index contributed by atoms with van der Waals surface area (Å²) in [6.07, 6.45) is 2.92. The average molecular weight is 402 g/mol. The van der Waals surface area contributed by atoms with Crippen molar-refractivity contribution < 1.29 is 4.42 Å². The predicted octanol–water partition coefficient (Wildman–Crippen LogP) is 4.70. The van der Waals surface area contributed by atoms with E-state index in [-0.39, 0.29) is 0 Å². The lowest BCUT2D eigenvalue weighted by Gasteiger charge is -2.33. The molecule has 1 unspecified atom stereocenters. The fraction of sp³-hybridized carbons (Fsp3) is 0.375. The van der Waals surface area contributed by atoms with E-state index in [0.29, 0.717) is 5.92 Å². The van der Waals surface area contributed by atoms with Crippen LogP contribution in [-0.4, -0.2) is 53.1 Å². The van der Waals surface area contributed by atoms with E-state index in [1.807, 2.05) is 12.3 Å². The number of anilines is 1. The van der Waals surface area contributed by atoms with E-state index in [4.69, 9.17) is 14.4 Å². The molecule has 1 aliphatic heterocycles. The second-order valence-electron chi connectivity index (χ2n) is 8.27. The maximum Gasteiger partial charge on any atom is 0.198 e. The Morgan fingerprint density at radius 3 is 2.53 bits per heavy atom. The maximum absolute atomic E-state index is 5.92. The van der Waals surface area contributed by atoms with Gasteiger partial charge in [0.2, 0.25) is 0 Å². The minimum atomic E-state index is 0.320. The van der Waals surface area contributed by atoms with Gasteiger partial charge in [0, 0.05) is 43.9 Å². The van der Waals surface area contributed by atoms with Gasteiger partial charge in [-0.3, -0.25) is 4.98 Å².